The predicted molar refractivity (Wildman–Crippen MR) is 109 cm³/mol. The minimum Gasteiger partial charge on any atom is -0.399 e. The molecule has 2 fully saturated rings. The first kappa shape index (κ1) is 20.8. The second kappa shape index (κ2) is 7.82. The minimum atomic E-state index is -0.516. The lowest BCUT2D eigenvalue weighted by molar-refractivity contribution is 0.00578. The van der Waals surface area contributed by atoms with Crippen molar-refractivity contribution in [3.05, 3.63) is 29.6 Å². The fourth-order valence-corrected chi connectivity index (χ4v) is 4.05. The fraction of sp³-hybridized carbons (Fsp3) is 0.714. The Labute approximate surface area is 164 Å². The topological polar surface area (TPSA) is 24.9 Å². The minimum absolute atomic E-state index is 0.173. The van der Waals surface area contributed by atoms with Crippen molar-refractivity contribution >= 4 is 12.6 Å². The maximum absolute atomic E-state index is 14.8. The highest BCUT2D eigenvalue weighted by atomic mass is 19.1. The molecule has 2 heterocycles. The van der Waals surface area contributed by atoms with Crippen LogP contribution in [-0.4, -0.2) is 60.3 Å². The van der Waals surface area contributed by atoms with Gasteiger partial charge >= 0.3 is 7.12 Å². The molecular formula is C21H34BFN2O2. The Morgan fingerprint density at radius 3 is 2.33 bits per heavy atom. The summed E-state index contributed by atoms with van der Waals surface area (Å²) in [6.07, 6.45) is 1.16. The van der Waals surface area contributed by atoms with E-state index < -0.39 is 18.3 Å². The second-order valence-electron chi connectivity index (χ2n) is 8.84. The second-order valence-corrected chi connectivity index (χ2v) is 8.84. The van der Waals surface area contributed by atoms with Gasteiger partial charge in [-0.15, -0.1) is 0 Å². The normalized spacial score (nSPS) is 24.9. The van der Waals surface area contributed by atoms with E-state index in [9.17, 15) is 4.39 Å². The van der Waals surface area contributed by atoms with Gasteiger partial charge in [-0.3, -0.25) is 9.80 Å². The zero-order valence-corrected chi connectivity index (χ0v) is 17.7. The Morgan fingerprint density at radius 1 is 1.15 bits per heavy atom. The Hall–Kier alpha value is -0.945. The zero-order chi connectivity index (χ0) is 19.8. The summed E-state index contributed by atoms with van der Waals surface area (Å²) >= 11 is 0. The zero-order valence-electron chi connectivity index (χ0n) is 17.7. The molecule has 6 heteroatoms. The SMILES string of the molecule is CCN(CC)C1CCN(Cc2ccc(B3OC(C)(C)C(C)(C)O3)cc2F)C1. The van der Waals surface area contributed by atoms with Crippen molar-refractivity contribution < 1.29 is 13.7 Å². The Kier molecular flexibility index (Phi) is 6.02. The molecule has 1 unspecified atom stereocenters. The van der Waals surface area contributed by atoms with Gasteiger partial charge in [-0.1, -0.05) is 26.0 Å². The van der Waals surface area contributed by atoms with Gasteiger partial charge in [0.15, 0.2) is 0 Å². The van der Waals surface area contributed by atoms with Crippen LogP contribution in [0.25, 0.3) is 0 Å². The summed E-state index contributed by atoms with van der Waals surface area (Å²) < 4.78 is 26.9. The highest BCUT2D eigenvalue weighted by Gasteiger charge is 2.51. The van der Waals surface area contributed by atoms with E-state index in [2.05, 4.69) is 23.6 Å². The molecule has 0 N–H and O–H groups in total. The third kappa shape index (κ3) is 4.24. The first-order valence-electron chi connectivity index (χ1n) is 10.3. The molecule has 2 saturated heterocycles. The number of hydrogen-bond donors (Lipinski definition) is 0. The molecule has 1 atom stereocenters. The molecule has 0 amide bonds. The number of halogens is 1. The van der Waals surface area contributed by atoms with Crippen LogP contribution in [0.3, 0.4) is 0 Å². The van der Waals surface area contributed by atoms with Gasteiger partial charge in [-0.05, 0) is 58.7 Å². The van der Waals surface area contributed by atoms with Crippen LogP contribution < -0.4 is 5.46 Å². The molecule has 2 aliphatic rings. The van der Waals surface area contributed by atoms with E-state index in [0.29, 0.717) is 12.6 Å². The largest absolute Gasteiger partial charge is 0.494 e. The lowest BCUT2D eigenvalue weighted by atomic mass is 9.78. The summed E-state index contributed by atoms with van der Waals surface area (Å²) in [5.74, 6) is -0.173. The van der Waals surface area contributed by atoms with Crippen molar-refractivity contribution in [2.75, 3.05) is 26.2 Å². The van der Waals surface area contributed by atoms with E-state index >= 15 is 0 Å². The molecule has 0 saturated carbocycles. The number of likely N-dealkylation sites (tertiary alicyclic amines) is 1. The average molecular weight is 376 g/mol. The van der Waals surface area contributed by atoms with Gasteiger partial charge in [0.05, 0.1) is 11.2 Å². The monoisotopic (exact) mass is 376 g/mol. The van der Waals surface area contributed by atoms with Gasteiger partial charge in [0.2, 0.25) is 0 Å². The van der Waals surface area contributed by atoms with Crippen molar-refractivity contribution in [2.24, 2.45) is 0 Å². The lowest BCUT2D eigenvalue weighted by Gasteiger charge is -2.32. The number of benzene rings is 1. The molecule has 1 aromatic carbocycles. The molecule has 0 bridgehead atoms. The van der Waals surface area contributed by atoms with E-state index in [1.54, 1.807) is 6.07 Å². The van der Waals surface area contributed by atoms with Gasteiger partial charge in [-0.2, -0.15) is 0 Å². The smallest absolute Gasteiger partial charge is 0.399 e. The standard InChI is InChI=1S/C21H34BFN2O2/c1-7-25(8-2)18-11-12-24(15-18)14-16-9-10-17(13-19(16)23)22-26-20(3,4)21(5,6)27-22/h9-10,13,18H,7-8,11-12,14-15H2,1-6H3. The van der Waals surface area contributed by atoms with Gasteiger partial charge in [0, 0.05) is 31.2 Å². The van der Waals surface area contributed by atoms with Crippen molar-refractivity contribution in [1.82, 2.24) is 9.80 Å². The molecule has 0 aromatic heterocycles. The maximum atomic E-state index is 14.8. The highest BCUT2D eigenvalue weighted by molar-refractivity contribution is 6.62. The lowest BCUT2D eigenvalue weighted by Crippen LogP contribution is -2.41. The number of hydrogen-bond acceptors (Lipinski definition) is 4. The molecule has 1 aromatic rings. The highest BCUT2D eigenvalue weighted by Crippen LogP contribution is 2.36. The molecule has 4 nitrogen and oxygen atoms in total. The van der Waals surface area contributed by atoms with E-state index in [1.165, 1.54) is 0 Å². The summed E-state index contributed by atoms with van der Waals surface area (Å²) in [6, 6.07) is 6.00. The van der Waals surface area contributed by atoms with Crippen molar-refractivity contribution in [3.63, 3.8) is 0 Å². The molecule has 0 radical (unpaired) electrons. The summed E-state index contributed by atoms with van der Waals surface area (Å²) in [4.78, 5) is 4.85. The van der Waals surface area contributed by atoms with Gasteiger partial charge in [0.25, 0.3) is 0 Å². The quantitative estimate of drug-likeness (QED) is 0.713. The molecular weight excluding hydrogens is 342 g/mol. The van der Waals surface area contributed by atoms with Crippen LogP contribution >= 0.6 is 0 Å². The van der Waals surface area contributed by atoms with Crippen molar-refractivity contribution in [3.8, 4) is 0 Å². The maximum Gasteiger partial charge on any atom is 0.494 e. The summed E-state index contributed by atoms with van der Waals surface area (Å²) in [7, 11) is -0.516. The predicted octanol–water partition coefficient (Wildman–Crippen LogP) is 3.04. The van der Waals surface area contributed by atoms with Crippen LogP contribution in [0, 0.1) is 5.82 Å². The van der Waals surface area contributed by atoms with Gasteiger partial charge < -0.3 is 9.31 Å². The van der Waals surface area contributed by atoms with Crippen LogP contribution in [0.15, 0.2) is 18.2 Å². The van der Waals surface area contributed by atoms with Crippen LogP contribution in [0.4, 0.5) is 4.39 Å². The first-order valence-corrected chi connectivity index (χ1v) is 10.3. The van der Waals surface area contributed by atoms with E-state index in [1.807, 2.05) is 39.8 Å². The molecule has 2 aliphatic heterocycles. The third-order valence-corrected chi connectivity index (χ3v) is 6.57. The van der Waals surface area contributed by atoms with Crippen molar-refractivity contribution in [2.45, 2.75) is 71.8 Å². The van der Waals surface area contributed by atoms with Crippen LogP contribution in [0.1, 0.15) is 53.5 Å². The number of likely N-dealkylation sites (N-methyl/N-ethyl adjacent to an activating group) is 1. The fourth-order valence-electron chi connectivity index (χ4n) is 4.05. The molecule has 0 spiro atoms. The van der Waals surface area contributed by atoms with E-state index in [-0.39, 0.29) is 5.82 Å². The van der Waals surface area contributed by atoms with Crippen LogP contribution in [0.2, 0.25) is 0 Å². The average Bonchev–Trinajstić information content (AvgIpc) is 3.13. The van der Waals surface area contributed by atoms with Gasteiger partial charge in [-0.25, -0.2) is 4.39 Å². The Balaban J connectivity index is 1.65. The molecule has 27 heavy (non-hydrogen) atoms. The van der Waals surface area contributed by atoms with E-state index in [4.69, 9.17) is 9.31 Å². The molecule has 150 valence electrons. The third-order valence-electron chi connectivity index (χ3n) is 6.57. The first-order chi connectivity index (χ1) is 12.7. The summed E-state index contributed by atoms with van der Waals surface area (Å²) in [5, 5.41) is 0. The van der Waals surface area contributed by atoms with Crippen LogP contribution in [0.5, 0.6) is 0 Å². The summed E-state index contributed by atoms with van der Waals surface area (Å²) in [6.45, 7) is 17.3. The Bertz CT molecular complexity index is 648. The molecule has 3 rings (SSSR count). The number of nitrogens with zero attached hydrogens (tertiary/aromatic N) is 2. The Morgan fingerprint density at radius 2 is 1.78 bits per heavy atom. The van der Waals surface area contributed by atoms with E-state index in [0.717, 1.165) is 43.6 Å². The van der Waals surface area contributed by atoms with Crippen molar-refractivity contribution in [1.29, 1.82) is 0 Å². The van der Waals surface area contributed by atoms with Crippen LogP contribution in [-0.2, 0) is 15.9 Å². The van der Waals surface area contributed by atoms with Gasteiger partial charge in [0.1, 0.15) is 5.82 Å². The number of rotatable bonds is 6. The molecule has 0 aliphatic carbocycles. The summed E-state index contributed by atoms with van der Waals surface area (Å²) in [5.41, 5.74) is 0.664.